The molecule has 1 amide bonds. The molecule has 2 aromatic rings. The number of nitrogens with one attached hydrogen (secondary N) is 1. The zero-order valence-corrected chi connectivity index (χ0v) is 11.0. The second-order valence-corrected chi connectivity index (χ2v) is 4.68. The molecule has 3 rings (SSSR count). The van der Waals surface area contributed by atoms with Crippen molar-refractivity contribution in [1.29, 1.82) is 0 Å². The predicted molar refractivity (Wildman–Crippen MR) is 79.7 cm³/mol. The fraction of sp³-hybridized carbons (Fsp3) is 0.118. The molecule has 0 radical (unpaired) electrons. The van der Waals surface area contributed by atoms with Crippen LogP contribution < -0.4 is 10.1 Å². The zero-order valence-electron chi connectivity index (χ0n) is 11.0. The first-order chi connectivity index (χ1) is 9.81. The summed E-state index contributed by atoms with van der Waals surface area (Å²) in [4.78, 5) is 11.3. The summed E-state index contributed by atoms with van der Waals surface area (Å²) in [6.45, 7) is 0.0934. The van der Waals surface area contributed by atoms with Gasteiger partial charge in [-0.3, -0.25) is 4.79 Å². The van der Waals surface area contributed by atoms with E-state index in [4.69, 9.17) is 4.74 Å². The van der Waals surface area contributed by atoms with Gasteiger partial charge in [0.25, 0.3) is 5.91 Å². The monoisotopic (exact) mass is 265 g/mol. The largest absolute Gasteiger partial charge is 0.482 e. The molecule has 3 heteroatoms. The molecule has 100 valence electrons. The van der Waals surface area contributed by atoms with Crippen molar-refractivity contribution < 1.29 is 9.53 Å². The normalized spacial score (nSPS) is 13.7. The molecule has 0 aliphatic carbocycles. The highest BCUT2D eigenvalue weighted by atomic mass is 16.5. The van der Waals surface area contributed by atoms with E-state index in [0.29, 0.717) is 0 Å². The highest BCUT2D eigenvalue weighted by Crippen LogP contribution is 2.28. The molecule has 1 aliphatic heterocycles. The maximum absolute atomic E-state index is 11.3. The van der Waals surface area contributed by atoms with Crippen LogP contribution in [0.25, 0.3) is 6.08 Å². The van der Waals surface area contributed by atoms with E-state index in [2.05, 4.69) is 23.5 Å². The van der Waals surface area contributed by atoms with Crippen LogP contribution in [0.5, 0.6) is 5.75 Å². The molecular formula is C17H15NO2. The van der Waals surface area contributed by atoms with Gasteiger partial charge in [0.1, 0.15) is 5.75 Å². The first-order valence-electron chi connectivity index (χ1n) is 6.58. The summed E-state index contributed by atoms with van der Waals surface area (Å²) >= 11 is 0. The number of rotatable bonds is 3. The van der Waals surface area contributed by atoms with Gasteiger partial charge in [0.15, 0.2) is 6.61 Å². The highest BCUT2D eigenvalue weighted by molar-refractivity contribution is 5.95. The van der Waals surface area contributed by atoms with Crippen LogP contribution in [0.1, 0.15) is 11.1 Å². The molecule has 20 heavy (non-hydrogen) atoms. The van der Waals surface area contributed by atoms with Crippen molar-refractivity contribution in [2.45, 2.75) is 6.42 Å². The van der Waals surface area contributed by atoms with E-state index in [9.17, 15) is 4.79 Å². The van der Waals surface area contributed by atoms with Crippen molar-refractivity contribution in [1.82, 2.24) is 0 Å². The van der Waals surface area contributed by atoms with Crippen LogP contribution in [0.15, 0.2) is 54.6 Å². The van der Waals surface area contributed by atoms with Gasteiger partial charge in [-0.2, -0.15) is 0 Å². The lowest BCUT2D eigenvalue weighted by Crippen LogP contribution is -2.25. The Kier molecular flexibility index (Phi) is 3.50. The second-order valence-electron chi connectivity index (χ2n) is 4.68. The van der Waals surface area contributed by atoms with E-state index < -0.39 is 0 Å². The van der Waals surface area contributed by atoms with Crippen molar-refractivity contribution in [3.63, 3.8) is 0 Å². The van der Waals surface area contributed by atoms with Crippen LogP contribution >= 0.6 is 0 Å². The fourth-order valence-corrected chi connectivity index (χ4v) is 2.15. The van der Waals surface area contributed by atoms with Crippen LogP contribution in [0.3, 0.4) is 0 Å². The summed E-state index contributed by atoms with van der Waals surface area (Å²) in [6, 6.07) is 16.1. The third kappa shape index (κ3) is 2.88. The number of benzene rings is 2. The second kappa shape index (κ2) is 5.61. The SMILES string of the molecule is O=C1COc2ccc(C=CCc3ccccc3)cc2N1. The van der Waals surface area contributed by atoms with Crippen molar-refractivity contribution in [2.24, 2.45) is 0 Å². The topological polar surface area (TPSA) is 38.3 Å². The van der Waals surface area contributed by atoms with Crippen molar-refractivity contribution in [3.05, 3.63) is 65.7 Å². The van der Waals surface area contributed by atoms with Gasteiger partial charge in [-0.05, 0) is 29.7 Å². The Hall–Kier alpha value is -2.55. The minimum absolute atomic E-state index is 0.0934. The van der Waals surface area contributed by atoms with Gasteiger partial charge in [-0.15, -0.1) is 0 Å². The molecule has 0 bridgehead atoms. The molecule has 1 aliphatic rings. The van der Waals surface area contributed by atoms with Gasteiger partial charge >= 0.3 is 0 Å². The maximum atomic E-state index is 11.3. The van der Waals surface area contributed by atoms with E-state index in [1.165, 1.54) is 5.56 Å². The molecule has 3 nitrogen and oxygen atoms in total. The average Bonchev–Trinajstić information content (AvgIpc) is 2.48. The Bertz CT molecular complexity index is 647. The van der Waals surface area contributed by atoms with E-state index >= 15 is 0 Å². The molecule has 1 heterocycles. The minimum atomic E-state index is -0.108. The Morgan fingerprint density at radius 3 is 2.85 bits per heavy atom. The molecule has 0 saturated heterocycles. The van der Waals surface area contributed by atoms with Gasteiger partial charge in [-0.25, -0.2) is 0 Å². The van der Waals surface area contributed by atoms with E-state index in [1.54, 1.807) is 0 Å². The summed E-state index contributed by atoms with van der Waals surface area (Å²) in [5.74, 6) is 0.618. The maximum Gasteiger partial charge on any atom is 0.262 e. The van der Waals surface area contributed by atoms with Crippen LogP contribution in [0.4, 0.5) is 5.69 Å². The lowest BCUT2D eigenvalue weighted by atomic mass is 10.1. The van der Waals surface area contributed by atoms with Gasteiger partial charge in [0.05, 0.1) is 5.69 Å². The molecule has 0 spiro atoms. The van der Waals surface area contributed by atoms with E-state index in [1.807, 2.05) is 42.5 Å². The van der Waals surface area contributed by atoms with Gasteiger partial charge in [0, 0.05) is 0 Å². The number of ether oxygens (including phenoxy) is 1. The number of fused-ring (bicyclic) bond motifs is 1. The molecule has 0 aromatic heterocycles. The van der Waals surface area contributed by atoms with Gasteiger partial charge in [0.2, 0.25) is 0 Å². The average molecular weight is 265 g/mol. The Balaban J connectivity index is 1.72. The third-order valence-corrected chi connectivity index (χ3v) is 3.14. The fourth-order valence-electron chi connectivity index (χ4n) is 2.15. The molecule has 0 saturated carbocycles. The molecule has 0 unspecified atom stereocenters. The third-order valence-electron chi connectivity index (χ3n) is 3.14. The number of anilines is 1. The molecular weight excluding hydrogens is 250 g/mol. The van der Waals surface area contributed by atoms with Crippen molar-refractivity contribution in [3.8, 4) is 5.75 Å². The van der Waals surface area contributed by atoms with Crippen LogP contribution in [-0.4, -0.2) is 12.5 Å². The zero-order chi connectivity index (χ0) is 13.8. The molecule has 2 aromatic carbocycles. The summed E-state index contributed by atoms with van der Waals surface area (Å²) in [7, 11) is 0. The number of hydrogen-bond acceptors (Lipinski definition) is 2. The standard InChI is InChI=1S/C17H15NO2/c19-17-12-20-16-10-9-14(11-15(16)18-17)8-4-7-13-5-2-1-3-6-13/h1-6,8-11H,7,12H2,(H,18,19). The summed E-state index contributed by atoms with van der Waals surface area (Å²) in [6.07, 6.45) is 5.05. The summed E-state index contributed by atoms with van der Waals surface area (Å²) in [5, 5.41) is 2.81. The van der Waals surface area contributed by atoms with Crippen molar-refractivity contribution in [2.75, 3.05) is 11.9 Å². The number of carbonyl (C=O) groups excluding carboxylic acids is 1. The molecule has 0 fully saturated rings. The quantitative estimate of drug-likeness (QED) is 0.925. The Morgan fingerprint density at radius 2 is 2.00 bits per heavy atom. The summed E-state index contributed by atoms with van der Waals surface area (Å²) in [5.41, 5.74) is 3.06. The Morgan fingerprint density at radius 1 is 1.15 bits per heavy atom. The Labute approximate surface area is 117 Å². The lowest BCUT2D eigenvalue weighted by molar-refractivity contribution is -0.118. The molecule has 1 N–H and O–H groups in total. The predicted octanol–water partition coefficient (Wildman–Crippen LogP) is 3.27. The lowest BCUT2D eigenvalue weighted by Gasteiger charge is -2.17. The smallest absolute Gasteiger partial charge is 0.262 e. The van der Waals surface area contributed by atoms with Crippen LogP contribution in [0.2, 0.25) is 0 Å². The number of amides is 1. The van der Waals surface area contributed by atoms with Gasteiger partial charge in [-0.1, -0.05) is 48.6 Å². The number of allylic oxidation sites excluding steroid dienone is 1. The van der Waals surface area contributed by atoms with Crippen molar-refractivity contribution >= 4 is 17.7 Å². The first kappa shape index (κ1) is 12.5. The highest BCUT2D eigenvalue weighted by Gasteiger charge is 2.15. The number of hydrogen-bond donors (Lipinski definition) is 1. The van der Waals surface area contributed by atoms with Gasteiger partial charge < -0.3 is 10.1 Å². The number of carbonyl (C=O) groups is 1. The van der Waals surface area contributed by atoms with E-state index in [-0.39, 0.29) is 12.5 Å². The van der Waals surface area contributed by atoms with Crippen LogP contribution in [-0.2, 0) is 11.2 Å². The molecule has 0 atom stereocenters. The first-order valence-corrected chi connectivity index (χ1v) is 6.58. The summed E-state index contributed by atoms with van der Waals surface area (Å²) < 4.78 is 5.33. The van der Waals surface area contributed by atoms with E-state index in [0.717, 1.165) is 23.4 Å². The minimum Gasteiger partial charge on any atom is -0.482 e. The van der Waals surface area contributed by atoms with Crippen LogP contribution in [0, 0.1) is 0 Å².